The van der Waals surface area contributed by atoms with Crippen molar-refractivity contribution < 1.29 is 14.3 Å². The lowest BCUT2D eigenvalue weighted by Crippen LogP contribution is -2.41. The Hall–Kier alpha value is -2.26. The number of aromatic nitrogens is 3. The van der Waals surface area contributed by atoms with Crippen molar-refractivity contribution in [1.29, 1.82) is 0 Å². The van der Waals surface area contributed by atoms with E-state index in [1.54, 1.807) is 12.4 Å². The number of nitrogens with one attached hydrogen (secondary N) is 2. The van der Waals surface area contributed by atoms with E-state index in [0.717, 1.165) is 43.2 Å². The Bertz CT molecular complexity index is 756. The minimum atomic E-state index is -0.566. The fourth-order valence-electron chi connectivity index (χ4n) is 3.13. The number of carbonyl (C=O) groups is 1. The summed E-state index contributed by atoms with van der Waals surface area (Å²) in [5, 5.41) is 6.36. The summed E-state index contributed by atoms with van der Waals surface area (Å²) in [6, 6.07) is 3.48. The highest BCUT2D eigenvalue weighted by atomic mass is 32.1. The second kappa shape index (κ2) is 9.29. The van der Waals surface area contributed by atoms with Crippen molar-refractivity contribution >= 4 is 17.8 Å². The van der Waals surface area contributed by atoms with Gasteiger partial charge in [0.05, 0.1) is 17.8 Å². The average molecular weight is 406 g/mol. The molecule has 9 heteroatoms. The Morgan fingerprint density at radius 1 is 1.29 bits per heavy atom. The third-order valence-electron chi connectivity index (χ3n) is 4.43. The Morgan fingerprint density at radius 3 is 2.68 bits per heavy atom. The van der Waals surface area contributed by atoms with Gasteiger partial charge in [-0.25, -0.2) is 4.79 Å². The van der Waals surface area contributed by atoms with Crippen LogP contribution in [-0.2, 0) is 11.3 Å². The van der Waals surface area contributed by atoms with Crippen molar-refractivity contribution in [1.82, 2.24) is 24.4 Å². The van der Waals surface area contributed by atoms with Crippen molar-refractivity contribution in [3.05, 3.63) is 35.8 Å². The molecule has 1 fully saturated rings. The van der Waals surface area contributed by atoms with E-state index in [4.69, 9.17) is 9.47 Å². The van der Waals surface area contributed by atoms with Crippen molar-refractivity contribution in [3.8, 4) is 5.88 Å². The summed E-state index contributed by atoms with van der Waals surface area (Å²) < 4.78 is 20.2. The van der Waals surface area contributed by atoms with Crippen LogP contribution in [0, 0.1) is 5.92 Å². The minimum absolute atomic E-state index is 0.237. The minimum Gasteiger partial charge on any atom is -0.471 e. The zero-order valence-electron chi connectivity index (χ0n) is 16.5. The number of ether oxygens (including phenoxy) is 2. The number of carbonyl (C=O) groups excluding carboxylic acids is 1. The molecule has 1 amide bonds. The molecule has 0 aliphatic carbocycles. The van der Waals surface area contributed by atoms with Crippen molar-refractivity contribution in [3.63, 3.8) is 0 Å². The molecule has 2 N–H and O–H groups in total. The Labute approximate surface area is 169 Å². The van der Waals surface area contributed by atoms with Gasteiger partial charge in [0.1, 0.15) is 17.9 Å². The van der Waals surface area contributed by atoms with Crippen LogP contribution < -0.4 is 15.4 Å². The molecule has 0 saturated carbocycles. The van der Waals surface area contributed by atoms with Crippen molar-refractivity contribution in [2.75, 3.05) is 13.1 Å². The molecule has 3 rings (SSSR count). The first-order chi connectivity index (χ1) is 13.4. The third-order valence-corrected chi connectivity index (χ3v) is 4.95. The molecular formula is C19H27N5O3S. The molecule has 0 spiro atoms. The highest BCUT2D eigenvalue weighted by Crippen LogP contribution is 2.33. The Kier molecular flexibility index (Phi) is 6.79. The SMILES string of the molecule is CC(C)(C)OC(=O)NC(c1nsnc1OCc1ccncc1)C1CCNCC1. The molecular weight excluding hydrogens is 378 g/mol. The molecule has 1 unspecified atom stereocenters. The van der Waals surface area contributed by atoms with Gasteiger partial charge in [0.15, 0.2) is 0 Å². The maximum atomic E-state index is 12.5. The maximum Gasteiger partial charge on any atom is 0.408 e. The van der Waals surface area contributed by atoms with Crippen LogP contribution in [-0.4, -0.2) is 38.5 Å². The van der Waals surface area contributed by atoms with Crippen molar-refractivity contribution in [2.24, 2.45) is 5.92 Å². The number of rotatable bonds is 6. The smallest absolute Gasteiger partial charge is 0.408 e. The van der Waals surface area contributed by atoms with E-state index in [1.807, 2.05) is 32.9 Å². The summed E-state index contributed by atoms with van der Waals surface area (Å²) in [7, 11) is 0. The van der Waals surface area contributed by atoms with Gasteiger partial charge in [-0.05, 0) is 70.3 Å². The van der Waals surface area contributed by atoms with Gasteiger partial charge in [0.25, 0.3) is 5.88 Å². The monoisotopic (exact) mass is 405 g/mol. The zero-order chi connectivity index (χ0) is 20.0. The summed E-state index contributed by atoms with van der Waals surface area (Å²) in [6.45, 7) is 7.72. The van der Waals surface area contributed by atoms with Gasteiger partial charge < -0.3 is 20.1 Å². The van der Waals surface area contributed by atoms with E-state index in [2.05, 4.69) is 24.4 Å². The molecule has 8 nitrogen and oxygen atoms in total. The van der Waals surface area contributed by atoms with Crippen LogP contribution in [0.25, 0.3) is 0 Å². The number of amides is 1. The second-order valence-corrected chi connectivity index (χ2v) is 8.34. The normalized spacial score (nSPS) is 16.4. The van der Waals surface area contributed by atoms with E-state index in [0.29, 0.717) is 18.2 Å². The van der Waals surface area contributed by atoms with Crippen LogP contribution in [0.5, 0.6) is 5.88 Å². The molecule has 1 aliphatic heterocycles. The largest absolute Gasteiger partial charge is 0.471 e. The van der Waals surface area contributed by atoms with Crippen LogP contribution >= 0.6 is 11.7 Å². The van der Waals surface area contributed by atoms with Crippen LogP contribution in [0.3, 0.4) is 0 Å². The van der Waals surface area contributed by atoms with Crippen LogP contribution in [0.1, 0.15) is 50.9 Å². The van der Waals surface area contributed by atoms with Gasteiger partial charge in [0.2, 0.25) is 0 Å². The topological polar surface area (TPSA) is 98.3 Å². The molecule has 1 aliphatic rings. The molecule has 1 atom stereocenters. The number of hydrogen-bond acceptors (Lipinski definition) is 8. The molecule has 28 heavy (non-hydrogen) atoms. The molecule has 0 aromatic carbocycles. The van der Waals surface area contributed by atoms with E-state index in [1.165, 1.54) is 0 Å². The molecule has 2 aromatic heterocycles. The van der Waals surface area contributed by atoms with Crippen LogP contribution in [0.2, 0.25) is 0 Å². The number of piperidine rings is 1. The molecule has 0 radical (unpaired) electrons. The first-order valence-corrected chi connectivity index (χ1v) is 10.2. The first-order valence-electron chi connectivity index (χ1n) is 9.47. The van der Waals surface area contributed by atoms with Crippen molar-refractivity contribution in [2.45, 2.75) is 51.9 Å². The lowest BCUT2D eigenvalue weighted by molar-refractivity contribution is 0.0474. The highest BCUT2D eigenvalue weighted by Gasteiger charge is 2.33. The van der Waals surface area contributed by atoms with Gasteiger partial charge in [0, 0.05) is 12.4 Å². The quantitative estimate of drug-likeness (QED) is 0.762. The van der Waals surface area contributed by atoms with Gasteiger partial charge in [-0.15, -0.1) is 4.37 Å². The Balaban J connectivity index is 1.76. The van der Waals surface area contributed by atoms with Gasteiger partial charge in [-0.3, -0.25) is 4.98 Å². The van der Waals surface area contributed by atoms with Gasteiger partial charge in [-0.2, -0.15) is 4.37 Å². The number of hydrogen-bond donors (Lipinski definition) is 2. The predicted octanol–water partition coefficient (Wildman–Crippen LogP) is 3.08. The lowest BCUT2D eigenvalue weighted by Gasteiger charge is -2.31. The van der Waals surface area contributed by atoms with E-state index in [-0.39, 0.29) is 12.0 Å². The summed E-state index contributed by atoms with van der Waals surface area (Å²) >= 11 is 1.09. The lowest BCUT2D eigenvalue weighted by atomic mass is 9.88. The molecule has 2 aromatic rings. The summed E-state index contributed by atoms with van der Waals surface area (Å²) in [4.78, 5) is 16.5. The zero-order valence-corrected chi connectivity index (χ0v) is 17.3. The standard InChI is InChI=1S/C19H27N5O3S/c1-19(2,3)27-18(25)22-15(14-6-10-21-11-7-14)16-17(24-28-23-16)26-12-13-4-8-20-9-5-13/h4-5,8-9,14-15,21H,6-7,10-12H2,1-3H3,(H,22,25). The fraction of sp³-hybridized carbons (Fsp3) is 0.579. The van der Waals surface area contributed by atoms with E-state index >= 15 is 0 Å². The summed E-state index contributed by atoms with van der Waals surface area (Å²) in [6.07, 6.45) is 4.86. The summed E-state index contributed by atoms with van der Waals surface area (Å²) in [5.41, 5.74) is 1.09. The molecule has 3 heterocycles. The third kappa shape index (κ3) is 5.87. The number of alkyl carbamates (subject to hydrolysis) is 1. The highest BCUT2D eigenvalue weighted by molar-refractivity contribution is 6.99. The maximum absolute atomic E-state index is 12.5. The second-order valence-electron chi connectivity index (χ2n) is 7.81. The molecule has 1 saturated heterocycles. The summed E-state index contributed by atoms with van der Waals surface area (Å²) in [5.74, 6) is 0.697. The Morgan fingerprint density at radius 2 is 2.00 bits per heavy atom. The predicted molar refractivity (Wildman–Crippen MR) is 106 cm³/mol. The van der Waals surface area contributed by atoms with E-state index in [9.17, 15) is 4.79 Å². The van der Waals surface area contributed by atoms with Gasteiger partial charge >= 0.3 is 6.09 Å². The fourth-order valence-corrected chi connectivity index (χ4v) is 3.67. The average Bonchev–Trinajstić information content (AvgIpc) is 3.13. The number of pyridine rings is 1. The first kappa shape index (κ1) is 20.5. The van der Waals surface area contributed by atoms with Crippen LogP contribution in [0.15, 0.2) is 24.5 Å². The van der Waals surface area contributed by atoms with Crippen LogP contribution in [0.4, 0.5) is 4.79 Å². The van der Waals surface area contributed by atoms with E-state index < -0.39 is 11.7 Å². The van der Waals surface area contributed by atoms with Gasteiger partial charge in [-0.1, -0.05) is 0 Å². The molecule has 0 bridgehead atoms. The number of nitrogens with zero attached hydrogens (tertiary/aromatic N) is 3. The molecule has 152 valence electrons.